The third kappa shape index (κ3) is 7.97. The van der Waals surface area contributed by atoms with Crippen LogP contribution in [0.4, 0.5) is 10.8 Å². The molecule has 0 saturated heterocycles. The number of thiazole rings is 1. The van der Waals surface area contributed by atoms with Gasteiger partial charge in [0.25, 0.3) is 5.91 Å². The Balaban J connectivity index is 0.00000127. The Bertz CT molecular complexity index is 1590. The predicted octanol–water partition coefficient (Wildman–Crippen LogP) is 2.53. The zero-order chi connectivity index (χ0) is 27.9. The van der Waals surface area contributed by atoms with Crippen molar-refractivity contribution in [3.8, 4) is 23.0 Å². The summed E-state index contributed by atoms with van der Waals surface area (Å²) in [5.41, 5.74) is 7.58. The van der Waals surface area contributed by atoms with E-state index in [1.807, 2.05) is 6.07 Å². The molecule has 0 aliphatic carbocycles. The van der Waals surface area contributed by atoms with Gasteiger partial charge in [-0.05, 0) is 55.8 Å². The Labute approximate surface area is 277 Å². The molecule has 3 aromatic carbocycles. The molecular formula is C27H22KN5O4S2. The van der Waals surface area contributed by atoms with Gasteiger partial charge >= 0.3 is 57.4 Å². The van der Waals surface area contributed by atoms with Crippen LogP contribution in [-0.2, 0) is 22.8 Å². The first-order chi connectivity index (χ1) is 18.1. The zero-order valence-electron chi connectivity index (χ0n) is 21.6. The van der Waals surface area contributed by atoms with Gasteiger partial charge < -0.3 is 33.2 Å². The first kappa shape index (κ1) is 32.1. The van der Waals surface area contributed by atoms with Crippen molar-refractivity contribution in [2.45, 2.75) is 19.3 Å². The maximum Gasteiger partial charge on any atom is 1.00 e. The molecule has 3 N–H and O–H groups in total. The van der Waals surface area contributed by atoms with Gasteiger partial charge in [0.15, 0.2) is 5.13 Å². The van der Waals surface area contributed by atoms with Crippen molar-refractivity contribution in [2.75, 3.05) is 18.2 Å². The number of esters is 1. The standard InChI is InChI=1S/C26H22N4O4S.CHNS.K/c1-26(2,14-27)16-7-4-6-15(12-16)23(31)29-17-8-5-9-18(13-17)34-20-11-10-19-22(35-25(28)30-19)21(20)24(32)33-3;2-1-3;/h4-13H,1-3H3,(H2,28,30)(H,29,31);3H;/q;;+1/p-1. The summed E-state index contributed by atoms with van der Waals surface area (Å²) in [6.07, 6.45) is 0. The van der Waals surface area contributed by atoms with Crippen LogP contribution in [-0.4, -0.2) is 24.0 Å². The molecule has 0 aliphatic rings. The maximum absolute atomic E-state index is 12.9. The van der Waals surface area contributed by atoms with Gasteiger partial charge in [-0.25, -0.2) is 15.0 Å². The van der Waals surface area contributed by atoms with Crippen molar-refractivity contribution in [1.29, 1.82) is 10.5 Å². The number of ether oxygens (including phenoxy) is 2. The third-order valence-electron chi connectivity index (χ3n) is 5.37. The molecule has 1 amide bonds. The molecule has 0 saturated carbocycles. The SMILES string of the molecule is COC(=O)c1c(Oc2cccc(NC(=O)c3cccc(C(C)(C)C#N)c3)c2)ccc2nc(N)sc12.N#C[S-].[K+]. The van der Waals surface area contributed by atoms with Gasteiger partial charge in [0.05, 0.1) is 28.8 Å². The fourth-order valence-electron chi connectivity index (χ4n) is 3.45. The largest absolute Gasteiger partial charge is 1.00 e. The number of nitrogen functional groups attached to an aromatic ring is 1. The molecule has 0 bridgehead atoms. The zero-order valence-corrected chi connectivity index (χ0v) is 26.4. The van der Waals surface area contributed by atoms with Crippen molar-refractivity contribution in [3.05, 3.63) is 77.4 Å². The van der Waals surface area contributed by atoms with Gasteiger partial charge in [0.1, 0.15) is 17.1 Å². The van der Waals surface area contributed by atoms with Crippen LogP contribution >= 0.6 is 11.3 Å². The predicted molar refractivity (Wildman–Crippen MR) is 148 cm³/mol. The number of carbonyl (C=O) groups is 2. The van der Waals surface area contributed by atoms with E-state index in [1.54, 1.807) is 68.4 Å². The van der Waals surface area contributed by atoms with Crippen LogP contribution < -0.4 is 67.2 Å². The Morgan fingerprint density at radius 1 is 1.10 bits per heavy atom. The molecule has 0 atom stereocenters. The number of benzene rings is 3. The van der Waals surface area contributed by atoms with Gasteiger partial charge in [-0.15, -0.1) is 0 Å². The van der Waals surface area contributed by atoms with Crippen LogP contribution in [0.15, 0.2) is 60.7 Å². The van der Waals surface area contributed by atoms with E-state index in [2.05, 4.69) is 29.0 Å². The van der Waals surface area contributed by atoms with E-state index in [0.29, 0.717) is 32.3 Å². The van der Waals surface area contributed by atoms with E-state index in [4.69, 9.17) is 20.5 Å². The number of nitrogens with zero attached hydrogens (tertiary/aromatic N) is 3. The second-order valence-electron chi connectivity index (χ2n) is 8.32. The molecule has 1 aromatic heterocycles. The van der Waals surface area contributed by atoms with Crippen molar-refractivity contribution < 1.29 is 70.4 Å². The fourth-order valence-corrected chi connectivity index (χ4v) is 4.31. The Morgan fingerprint density at radius 2 is 1.79 bits per heavy atom. The van der Waals surface area contributed by atoms with Crippen molar-refractivity contribution in [1.82, 2.24) is 4.98 Å². The average Bonchev–Trinajstić information content (AvgIpc) is 3.29. The number of rotatable bonds is 6. The number of methoxy groups -OCH3 is 1. The maximum atomic E-state index is 12.9. The summed E-state index contributed by atoms with van der Waals surface area (Å²) in [7, 11) is 1.29. The Kier molecular flexibility index (Phi) is 11.8. The summed E-state index contributed by atoms with van der Waals surface area (Å²) in [6, 6.07) is 19.3. The molecule has 0 unspecified atom stereocenters. The van der Waals surface area contributed by atoms with Crippen LogP contribution in [0.3, 0.4) is 0 Å². The number of carbonyl (C=O) groups excluding carboxylic acids is 2. The van der Waals surface area contributed by atoms with Crippen LogP contribution in [0.25, 0.3) is 10.2 Å². The molecule has 39 heavy (non-hydrogen) atoms. The minimum Gasteiger partial charge on any atom is -0.696 e. The normalized spacial score (nSPS) is 10.1. The van der Waals surface area contributed by atoms with Gasteiger partial charge in [-0.2, -0.15) is 5.26 Å². The van der Waals surface area contributed by atoms with Crippen LogP contribution in [0.1, 0.15) is 40.1 Å². The summed E-state index contributed by atoms with van der Waals surface area (Å²) in [5.74, 6) is -0.208. The molecule has 4 rings (SSSR count). The van der Waals surface area contributed by atoms with Crippen molar-refractivity contribution >= 4 is 56.9 Å². The van der Waals surface area contributed by atoms with E-state index in [-0.39, 0.29) is 68.6 Å². The number of nitriles is 2. The van der Waals surface area contributed by atoms with Crippen LogP contribution in [0, 0.1) is 22.0 Å². The summed E-state index contributed by atoms with van der Waals surface area (Å²) in [4.78, 5) is 29.6. The first-order valence-corrected chi connectivity index (χ1v) is 12.3. The Hall–Kier alpha value is -3.07. The number of hydrogen-bond donors (Lipinski definition) is 2. The molecule has 4 aromatic rings. The minimum absolute atomic E-state index is 0. The summed E-state index contributed by atoms with van der Waals surface area (Å²) >= 11 is 4.87. The molecule has 1 heterocycles. The smallest absolute Gasteiger partial charge is 0.696 e. The number of aromatic nitrogens is 1. The number of anilines is 2. The first-order valence-electron chi connectivity index (χ1n) is 11.0. The topological polar surface area (TPSA) is 151 Å². The van der Waals surface area contributed by atoms with Crippen LogP contribution in [0.2, 0.25) is 0 Å². The molecule has 0 aliphatic heterocycles. The van der Waals surface area contributed by atoms with Gasteiger partial charge in [-0.1, -0.05) is 34.9 Å². The van der Waals surface area contributed by atoms with Gasteiger partial charge in [0, 0.05) is 17.3 Å². The number of nitrogens with two attached hydrogens (primary N) is 1. The molecule has 0 radical (unpaired) electrons. The number of thiocyanates is 1. The van der Waals surface area contributed by atoms with E-state index in [1.165, 1.54) is 23.8 Å². The van der Waals surface area contributed by atoms with Gasteiger partial charge in [-0.3, -0.25) is 4.79 Å². The quantitative estimate of drug-likeness (QED) is 0.151. The van der Waals surface area contributed by atoms with E-state index in [0.717, 1.165) is 5.56 Å². The Morgan fingerprint density at radius 3 is 2.46 bits per heavy atom. The fraction of sp³-hybridized carbons (Fsp3) is 0.148. The molecule has 12 heteroatoms. The van der Waals surface area contributed by atoms with E-state index < -0.39 is 11.4 Å². The van der Waals surface area contributed by atoms with Crippen LogP contribution in [0.5, 0.6) is 11.5 Å². The average molecular weight is 584 g/mol. The number of fused-ring (bicyclic) bond motifs is 1. The summed E-state index contributed by atoms with van der Waals surface area (Å²) < 4.78 is 11.5. The van der Waals surface area contributed by atoms with Crippen molar-refractivity contribution in [2.24, 2.45) is 0 Å². The molecule has 0 fully saturated rings. The molecule has 9 nitrogen and oxygen atoms in total. The molecule has 192 valence electrons. The monoisotopic (exact) mass is 583 g/mol. The van der Waals surface area contributed by atoms with Gasteiger partial charge in [0.2, 0.25) is 0 Å². The summed E-state index contributed by atoms with van der Waals surface area (Å²) in [5, 5.41) is 21.0. The number of hydrogen-bond acceptors (Lipinski definition) is 10. The molecular weight excluding hydrogens is 562 g/mol. The van der Waals surface area contributed by atoms with E-state index >= 15 is 0 Å². The van der Waals surface area contributed by atoms with E-state index in [9.17, 15) is 14.9 Å². The number of nitrogens with one attached hydrogen (secondary N) is 1. The second-order valence-corrected chi connectivity index (χ2v) is 9.54. The van der Waals surface area contributed by atoms with Crippen molar-refractivity contribution in [3.63, 3.8) is 0 Å². The summed E-state index contributed by atoms with van der Waals surface area (Å²) in [6.45, 7) is 3.59. The minimum atomic E-state index is -0.717. The number of amides is 1. The molecule has 0 spiro atoms. The third-order valence-corrected chi connectivity index (χ3v) is 6.29. The second kappa shape index (κ2) is 14.4.